The van der Waals surface area contributed by atoms with Gasteiger partial charge in [0.25, 0.3) is 0 Å². The predicted octanol–water partition coefficient (Wildman–Crippen LogP) is 1.50. The second-order valence-corrected chi connectivity index (χ2v) is 10.0. The summed E-state index contributed by atoms with van der Waals surface area (Å²) < 4.78 is 37.6. The van der Waals surface area contributed by atoms with Crippen molar-refractivity contribution in [3.8, 4) is 5.75 Å². The predicted molar refractivity (Wildman–Crippen MR) is 107 cm³/mol. The van der Waals surface area contributed by atoms with Crippen molar-refractivity contribution in [2.24, 2.45) is 0 Å². The van der Waals surface area contributed by atoms with Gasteiger partial charge in [-0.25, -0.2) is 8.42 Å². The van der Waals surface area contributed by atoms with Crippen LogP contribution >= 0.6 is 0 Å². The van der Waals surface area contributed by atoms with Gasteiger partial charge in [-0.1, -0.05) is 12.8 Å². The Hall–Kier alpha value is -1.84. The average molecular weight is 425 g/mol. The first kappa shape index (κ1) is 20.4. The van der Waals surface area contributed by atoms with E-state index in [0.717, 1.165) is 37.5 Å². The van der Waals surface area contributed by atoms with Crippen LogP contribution in [0.15, 0.2) is 18.2 Å². The van der Waals surface area contributed by atoms with E-state index in [9.17, 15) is 18.3 Å². The summed E-state index contributed by atoms with van der Waals surface area (Å²) in [4.78, 5) is 12.4. The van der Waals surface area contributed by atoms with Crippen molar-refractivity contribution in [2.75, 3.05) is 17.6 Å². The summed E-state index contributed by atoms with van der Waals surface area (Å²) in [5.74, 6) is 0.572. The van der Waals surface area contributed by atoms with Gasteiger partial charge in [0.15, 0.2) is 0 Å². The molecule has 2 heterocycles. The molecule has 0 unspecified atom stereocenters. The third kappa shape index (κ3) is 4.67. The van der Waals surface area contributed by atoms with Gasteiger partial charge in [-0.15, -0.1) is 0 Å². The molecule has 8 nitrogen and oxygen atoms in total. The van der Waals surface area contributed by atoms with Crippen LogP contribution in [0.4, 0.5) is 5.69 Å². The molecule has 3 aliphatic rings. The molecule has 1 aliphatic carbocycles. The Balaban J connectivity index is 1.48. The lowest BCUT2D eigenvalue weighted by Crippen LogP contribution is -2.47. The molecular formula is C20H28N2O6S. The SMILES string of the molecule is CS(=O)(=O)Nc1ccc2c(c1)[C@@H]1C[C@H](CC(=O)NC3CCCC3)O[C@H](CO)[C@@H]1O2. The summed E-state index contributed by atoms with van der Waals surface area (Å²) in [5, 5.41) is 12.9. The number of ether oxygens (including phenoxy) is 2. The molecule has 0 bridgehead atoms. The van der Waals surface area contributed by atoms with E-state index in [1.165, 1.54) is 0 Å². The van der Waals surface area contributed by atoms with Crippen LogP contribution in [0.1, 0.15) is 50.0 Å². The maximum Gasteiger partial charge on any atom is 0.229 e. The molecular weight excluding hydrogens is 396 g/mol. The molecule has 29 heavy (non-hydrogen) atoms. The lowest BCUT2D eigenvalue weighted by atomic mass is 9.84. The van der Waals surface area contributed by atoms with E-state index in [1.54, 1.807) is 18.2 Å². The van der Waals surface area contributed by atoms with E-state index in [2.05, 4.69) is 10.0 Å². The number of hydrogen-bond acceptors (Lipinski definition) is 6. The van der Waals surface area contributed by atoms with Crippen LogP contribution in [0.25, 0.3) is 0 Å². The van der Waals surface area contributed by atoms with Crippen molar-refractivity contribution in [3.63, 3.8) is 0 Å². The zero-order valence-corrected chi connectivity index (χ0v) is 17.3. The topological polar surface area (TPSA) is 114 Å². The maximum absolute atomic E-state index is 12.4. The Bertz CT molecular complexity index is 868. The number of aliphatic hydroxyl groups is 1. The first-order valence-electron chi connectivity index (χ1n) is 10.2. The fourth-order valence-electron chi connectivity index (χ4n) is 4.73. The van der Waals surface area contributed by atoms with E-state index >= 15 is 0 Å². The first-order valence-corrected chi connectivity index (χ1v) is 12.1. The minimum Gasteiger partial charge on any atom is -0.487 e. The third-order valence-electron chi connectivity index (χ3n) is 5.94. The molecule has 0 spiro atoms. The highest BCUT2D eigenvalue weighted by Crippen LogP contribution is 2.47. The monoisotopic (exact) mass is 424 g/mol. The first-order chi connectivity index (χ1) is 13.8. The lowest BCUT2D eigenvalue weighted by molar-refractivity contribution is -0.142. The average Bonchev–Trinajstić information content (AvgIpc) is 3.27. The molecule has 1 aromatic carbocycles. The molecule has 1 saturated carbocycles. The van der Waals surface area contributed by atoms with Crippen LogP contribution in [0, 0.1) is 0 Å². The zero-order chi connectivity index (χ0) is 20.6. The van der Waals surface area contributed by atoms with E-state index in [1.807, 2.05) is 0 Å². The van der Waals surface area contributed by atoms with Crippen molar-refractivity contribution in [1.29, 1.82) is 0 Å². The minimum absolute atomic E-state index is 0.0244. The third-order valence-corrected chi connectivity index (χ3v) is 6.54. The molecule has 0 radical (unpaired) electrons. The number of carbonyl (C=O) groups is 1. The van der Waals surface area contributed by atoms with E-state index < -0.39 is 16.1 Å². The van der Waals surface area contributed by atoms with Gasteiger partial charge in [0.2, 0.25) is 15.9 Å². The Labute approximate surface area is 171 Å². The van der Waals surface area contributed by atoms with E-state index in [0.29, 0.717) is 17.9 Å². The molecule has 9 heteroatoms. The summed E-state index contributed by atoms with van der Waals surface area (Å²) in [6, 6.07) is 5.42. The number of benzene rings is 1. The second kappa shape index (κ2) is 8.12. The molecule has 1 aromatic rings. The smallest absolute Gasteiger partial charge is 0.229 e. The number of aliphatic hydroxyl groups excluding tert-OH is 1. The number of rotatable bonds is 6. The quantitative estimate of drug-likeness (QED) is 0.638. The van der Waals surface area contributed by atoms with Crippen LogP contribution in [0.3, 0.4) is 0 Å². The normalized spacial score (nSPS) is 29.0. The zero-order valence-electron chi connectivity index (χ0n) is 16.5. The number of carbonyl (C=O) groups excluding carboxylic acids is 1. The maximum atomic E-state index is 12.4. The number of hydrogen-bond donors (Lipinski definition) is 3. The highest BCUT2D eigenvalue weighted by Gasteiger charge is 2.46. The van der Waals surface area contributed by atoms with E-state index in [4.69, 9.17) is 9.47 Å². The number of nitrogens with one attached hydrogen (secondary N) is 2. The van der Waals surface area contributed by atoms with Gasteiger partial charge in [-0.05, 0) is 37.5 Å². The Kier molecular flexibility index (Phi) is 5.72. The summed E-state index contributed by atoms with van der Waals surface area (Å²) in [6.07, 6.45) is 5.08. The van der Waals surface area contributed by atoms with Crippen molar-refractivity contribution in [1.82, 2.24) is 5.32 Å². The number of fused-ring (bicyclic) bond motifs is 3. The summed E-state index contributed by atoms with van der Waals surface area (Å²) in [7, 11) is -3.39. The summed E-state index contributed by atoms with van der Waals surface area (Å²) >= 11 is 0. The molecule has 2 aliphatic heterocycles. The van der Waals surface area contributed by atoms with Crippen LogP contribution in [0.2, 0.25) is 0 Å². The van der Waals surface area contributed by atoms with Crippen LogP contribution in [-0.4, -0.2) is 56.6 Å². The molecule has 0 aromatic heterocycles. The van der Waals surface area contributed by atoms with Gasteiger partial charge in [-0.3, -0.25) is 9.52 Å². The van der Waals surface area contributed by atoms with Gasteiger partial charge < -0.3 is 19.9 Å². The van der Waals surface area contributed by atoms with Crippen LogP contribution < -0.4 is 14.8 Å². The second-order valence-electron chi connectivity index (χ2n) is 8.28. The van der Waals surface area contributed by atoms with Crippen LogP contribution in [0.5, 0.6) is 5.75 Å². The minimum atomic E-state index is -3.39. The van der Waals surface area contributed by atoms with Crippen molar-refractivity contribution >= 4 is 21.6 Å². The Morgan fingerprint density at radius 1 is 1.28 bits per heavy atom. The molecule has 4 rings (SSSR count). The molecule has 3 N–H and O–H groups in total. The number of sulfonamides is 1. The number of anilines is 1. The highest BCUT2D eigenvalue weighted by molar-refractivity contribution is 7.92. The fraction of sp³-hybridized carbons (Fsp3) is 0.650. The van der Waals surface area contributed by atoms with Crippen molar-refractivity contribution < 1.29 is 27.8 Å². The van der Waals surface area contributed by atoms with Gasteiger partial charge in [0, 0.05) is 23.2 Å². The standard InChI is InChI=1S/C20H28N2O6S/c1-29(25,26)22-13-6-7-17-15(8-13)16-9-14(27-18(11-23)20(16)28-17)10-19(24)21-12-4-2-3-5-12/h6-8,12,14,16,18,20,22-23H,2-5,9-11H2,1H3,(H,21,24)/t14-,16+,18-,20-/m1/s1. The highest BCUT2D eigenvalue weighted by atomic mass is 32.2. The van der Waals surface area contributed by atoms with Gasteiger partial charge in [0.1, 0.15) is 18.0 Å². The van der Waals surface area contributed by atoms with Gasteiger partial charge in [-0.2, -0.15) is 0 Å². The molecule has 1 amide bonds. The van der Waals surface area contributed by atoms with Gasteiger partial charge >= 0.3 is 0 Å². The summed E-state index contributed by atoms with van der Waals surface area (Å²) in [5.41, 5.74) is 1.35. The lowest BCUT2D eigenvalue weighted by Gasteiger charge is -2.37. The Morgan fingerprint density at radius 3 is 2.72 bits per heavy atom. The molecule has 2 fully saturated rings. The van der Waals surface area contributed by atoms with Crippen LogP contribution in [-0.2, 0) is 19.6 Å². The fourth-order valence-corrected chi connectivity index (χ4v) is 5.29. The largest absolute Gasteiger partial charge is 0.487 e. The molecule has 160 valence electrons. The van der Waals surface area contributed by atoms with Crippen molar-refractivity contribution in [2.45, 2.75) is 68.8 Å². The van der Waals surface area contributed by atoms with E-state index in [-0.39, 0.29) is 43.1 Å². The van der Waals surface area contributed by atoms with Gasteiger partial charge in [0.05, 0.1) is 25.4 Å². The number of amides is 1. The van der Waals surface area contributed by atoms with Crippen molar-refractivity contribution in [3.05, 3.63) is 23.8 Å². The molecule has 4 atom stereocenters. The molecule has 1 saturated heterocycles. The Morgan fingerprint density at radius 2 is 2.03 bits per heavy atom. The summed E-state index contributed by atoms with van der Waals surface area (Å²) in [6.45, 7) is -0.204.